The third kappa shape index (κ3) is 3.33. The van der Waals surface area contributed by atoms with E-state index < -0.39 is 0 Å². The number of benzene rings is 3. The second-order valence-electron chi connectivity index (χ2n) is 9.37. The van der Waals surface area contributed by atoms with Crippen molar-refractivity contribution >= 4 is 0 Å². The summed E-state index contributed by atoms with van der Waals surface area (Å²) < 4.78 is 0. The molecule has 0 aliphatic heterocycles. The second kappa shape index (κ2) is 7.48. The van der Waals surface area contributed by atoms with Crippen LogP contribution in [0.4, 0.5) is 0 Å². The van der Waals surface area contributed by atoms with Crippen molar-refractivity contribution in [2.45, 2.75) is 72.6 Å². The van der Waals surface area contributed by atoms with Crippen LogP contribution < -0.4 is 0 Å². The molecule has 1 aliphatic carbocycles. The van der Waals surface area contributed by atoms with Crippen LogP contribution >= 0.6 is 0 Å². The lowest BCUT2D eigenvalue weighted by atomic mass is 9.80. The number of rotatable bonds is 5. The van der Waals surface area contributed by atoms with Crippen LogP contribution in [0.15, 0.2) is 48.5 Å². The first kappa shape index (κ1) is 20.0. The van der Waals surface area contributed by atoms with Gasteiger partial charge in [0.1, 0.15) is 0 Å². The van der Waals surface area contributed by atoms with Gasteiger partial charge in [-0.1, -0.05) is 88.6 Å². The molecule has 0 spiro atoms. The maximum absolute atomic E-state index is 2.48. The molecule has 4 rings (SSSR count). The van der Waals surface area contributed by atoms with Crippen LogP contribution in [0.3, 0.4) is 0 Å². The molecule has 0 fully saturated rings. The van der Waals surface area contributed by atoms with Gasteiger partial charge < -0.3 is 0 Å². The first-order valence-corrected chi connectivity index (χ1v) is 11.3. The Morgan fingerprint density at radius 1 is 0.655 bits per heavy atom. The predicted molar refractivity (Wildman–Crippen MR) is 127 cm³/mol. The Hall–Kier alpha value is -2.34. The molecule has 0 amide bonds. The van der Waals surface area contributed by atoms with Gasteiger partial charge in [-0.05, 0) is 82.8 Å². The highest BCUT2D eigenvalue weighted by Gasteiger charge is 2.35. The fraction of sp³-hybridized carbons (Fsp3) is 0.379. The largest absolute Gasteiger partial charge is 0.0651 e. The van der Waals surface area contributed by atoms with Crippen molar-refractivity contribution < 1.29 is 0 Å². The van der Waals surface area contributed by atoms with Crippen molar-refractivity contribution in [2.75, 3.05) is 0 Å². The zero-order chi connectivity index (χ0) is 20.8. The molecule has 0 saturated carbocycles. The van der Waals surface area contributed by atoms with Crippen LogP contribution in [-0.4, -0.2) is 0 Å². The van der Waals surface area contributed by atoms with Gasteiger partial charge in [-0.2, -0.15) is 0 Å². The molecule has 0 aromatic heterocycles. The van der Waals surface area contributed by atoms with E-state index in [0.717, 1.165) is 12.8 Å². The maximum atomic E-state index is 2.48. The van der Waals surface area contributed by atoms with Crippen LogP contribution in [0, 0.1) is 13.8 Å². The van der Waals surface area contributed by atoms with Crippen LogP contribution in [-0.2, 0) is 18.3 Å². The topological polar surface area (TPSA) is 0 Å². The highest BCUT2D eigenvalue weighted by atomic mass is 14.4. The summed E-state index contributed by atoms with van der Waals surface area (Å²) in [6, 6.07) is 19.0. The minimum atomic E-state index is 0.0502. The molecular weight excluding hydrogens is 348 g/mol. The summed E-state index contributed by atoms with van der Waals surface area (Å²) in [5.74, 6) is 0. The summed E-state index contributed by atoms with van der Waals surface area (Å²) in [5, 5.41) is 0. The van der Waals surface area contributed by atoms with Gasteiger partial charge in [-0.15, -0.1) is 0 Å². The monoisotopic (exact) mass is 382 g/mol. The average Bonchev–Trinajstić information content (AvgIpc) is 2.91. The lowest BCUT2D eigenvalue weighted by Crippen LogP contribution is -2.15. The molecule has 29 heavy (non-hydrogen) atoms. The summed E-state index contributed by atoms with van der Waals surface area (Å²) in [6.07, 6.45) is 4.68. The first-order chi connectivity index (χ1) is 13.9. The fourth-order valence-corrected chi connectivity index (χ4v) is 5.12. The van der Waals surface area contributed by atoms with Crippen molar-refractivity contribution in [2.24, 2.45) is 0 Å². The number of fused-ring (bicyclic) bond motifs is 3. The Labute approximate surface area is 177 Å². The summed E-state index contributed by atoms with van der Waals surface area (Å²) >= 11 is 0. The van der Waals surface area contributed by atoms with Crippen molar-refractivity contribution in [3.8, 4) is 22.3 Å². The molecule has 1 aliphatic rings. The van der Waals surface area contributed by atoms with Gasteiger partial charge in [-0.3, -0.25) is 0 Å². The lowest BCUT2D eigenvalue weighted by molar-refractivity contribution is 0.660. The van der Waals surface area contributed by atoms with Crippen molar-refractivity contribution in [3.63, 3.8) is 0 Å². The fourth-order valence-electron chi connectivity index (χ4n) is 5.12. The molecule has 0 heteroatoms. The smallest absolute Gasteiger partial charge is 0.0159 e. The van der Waals surface area contributed by atoms with E-state index in [1.165, 1.54) is 68.5 Å². The van der Waals surface area contributed by atoms with Crippen molar-refractivity contribution in [1.82, 2.24) is 0 Å². The standard InChI is InChI=1S/C29H34/c1-7-9-21-17-26(22(10-8-2)16-20(21)4)23-12-14-25-24-13-11-19(3)15-27(24)29(5,6)28(25)18-23/h11-18H,7-10H2,1-6H3. The Balaban J connectivity index is 1.88. The highest BCUT2D eigenvalue weighted by Crippen LogP contribution is 2.50. The van der Waals surface area contributed by atoms with Crippen LogP contribution in [0.2, 0.25) is 0 Å². The normalized spacial score (nSPS) is 14.0. The Morgan fingerprint density at radius 3 is 1.97 bits per heavy atom. The third-order valence-corrected chi connectivity index (χ3v) is 6.74. The maximum Gasteiger partial charge on any atom is 0.0159 e. The molecule has 0 N–H and O–H groups in total. The molecule has 0 saturated heterocycles. The van der Waals surface area contributed by atoms with Gasteiger partial charge in [0, 0.05) is 5.41 Å². The van der Waals surface area contributed by atoms with Gasteiger partial charge >= 0.3 is 0 Å². The molecule has 0 nitrogen and oxygen atoms in total. The molecule has 0 bridgehead atoms. The van der Waals surface area contributed by atoms with E-state index in [2.05, 4.69) is 90.1 Å². The molecule has 0 unspecified atom stereocenters. The van der Waals surface area contributed by atoms with Gasteiger partial charge in [0.05, 0.1) is 0 Å². The SMILES string of the molecule is CCCc1cc(-c2ccc3c(c2)C(C)(C)c2cc(C)ccc2-3)c(CCC)cc1C. The van der Waals surface area contributed by atoms with Crippen LogP contribution in [0.25, 0.3) is 22.3 Å². The Morgan fingerprint density at radius 2 is 1.28 bits per heavy atom. The minimum absolute atomic E-state index is 0.0502. The van der Waals surface area contributed by atoms with Crippen LogP contribution in [0.5, 0.6) is 0 Å². The van der Waals surface area contributed by atoms with Gasteiger partial charge in [0.25, 0.3) is 0 Å². The molecule has 0 heterocycles. The number of hydrogen-bond acceptors (Lipinski definition) is 0. The number of hydrogen-bond donors (Lipinski definition) is 0. The van der Waals surface area contributed by atoms with Crippen molar-refractivity contribution in [1.29, 1.82) is 0 Å². The molecule has 3 aromatic carbocycles. The van der Waals surface area contributed by atoms with E-state index in [4.69, 9.17) is 0 Å². The third-order valence-electron chi connectivity index (χ3n) is 6.74. The molecule has 150 valence electrons. The lowest BCUT2D eigenvalue weighted by Gasteiger charge is -2.23. The summed E-state index contributed by atoms with van der Waals surface area (Å²) in [5.41, 5.74) is 14.4. The quantitative estimate of drug-likeness (QED) is 0.417. The highest BCUT2D eigenvalue weighted by molar-refractivity contribution is 5.84. The Bertz CT molecular complexity index is 1070. The van der Waals surface area contributed by atoms with Crippen molar-refractivity contribution in [3.05, 3.63) is 81.9 Å². The summed E-state index contributed by atoms with van der Waals surface area (Å²) in [4.78, 5) is 0. The van der Waals surface area contributed by atoms with E-state index in [1.54, 1.807) is 0 Å². The average molecular weight is 383 g/mol. The van der Waals surface area contributed by atoms with Gasteiger partial charge in [0.15, 0.2) is 0 Å². The predicted octanol–water partition coefficient (Wildman–Crippen LogP) is 8.18. The van der Waals surface area contributed by atoms with E-state index in [9.17, 15) is 0 Å². The second-order valence-corrected chi connectivity index (χ2v) is 9.37. The molecule has 0 atom stereocenters. The number of aryl methyl sites for hydroxylation is 4. The summed E-state index contributed by atoms with van der Waals surface area (Å²) in [6.45, 7) is 13.8. The van der Waals surface area contributed by atoms with Gasteiger partial charge in [0.2, 0.25) is 0 Å². The zero-order valence-electron chi connectivity index (χ0n) is 18.9. The molecule has 0 radical (unpaired) electrons. The van der Waals surface area contributed by atoms with E-state index in [1.807, 2.05) is 0 Å². The Kier molecular flexibility index (Phi) is 5.15. The van der Waals surface area contributed by atoms with E-state index in [0.29, 0.717) is 0 Å². The minimum Gasteiger partial charge on any atom is -0.0651 e. The molecular formula is C29H34. The van der Waals surface area contributed by atoms with E-state index >= 15 is 0 Å². The van der Waals surface area contributed by atoms with Crippen LogP contribution in [0.1, 0.15) is 73.9 Å². The van der Waals surface area contributed by atoms with Gasteiger partial charge in [-0.25, -0.2) is 0 Å². The molecule has 3 aromatic rings. The summed E-state index contributed by atoms with van der Waals surface area (Å²) in [7, 11) is 0. The first-order valence-electron chi connectivity index (χ1n) is 11.3. The van der Waals surface area contributed by atoms with E-state index in [-0.39, 0.29) is 5.41 Å². The zero-order valence-corrected chi connectivity index (χ0v) is 18.9.